The molecule has 3 aromatic heterocycles. The fourth-order valence-corrected chi connectivity index (χ4v) is 8.03. The average molecular weight is 637 g/mol. The van der Waals surface area contributed by atoms with Gasteiger partial charge in [0.1, 0.15) is 11.5 Å². The van der Waals surface area contributed by atoms with Gasteiger partial charge in [-0.05, 0) is 72.8 Å². The molecule has 0 saturated carbocycles. The number of benzene rings is 3. The smallest absolute Gasteiger partial charge is 0.271 e. The number of carbonyl (C=O) groups excluding carboxylic acids is 1. The highest BCUT2D eigenvalue weighted by molar-refractivity contribution is 8.01. The van der Waals surface area contributed by atoms with Crippen LogP contribution in [-0.2, 0) is 4.79 Å². The molecule has 0 unspecified atom stereocenters. The summed E-state index contributed by atoms with van der Waals surface area (Å²) in [6, 6.07) is 27.6. The first kappa shape index (κ1) is 28.1. The maximum absolute atomic E-state index is 14.0. The third-order valence-corrected chi connectivity index (χ3v) is 10.0. The molecule has 6 aromatic rings. The molecule has 44 heavy (non-hydrogen) atoms. The Labute approximate surface area is 263 Å². The topological polar surface area (TPSA) is 98.7 Å². The fourth-order valence-electron chi connectivity index (χ4n) is 5.04. The Morgan fingerprint density at radius 2 is 1.84 bits per heavy atom. The number of anilines is 1. The molecule has 1 N–H and O–H groups in total. The zero-order valence-electron chi connectivity index (χ0n) is 23.5. The second-order valence-corrected chi connectivity index (χ2v) is 13.2. The molecule has 8 nitrogen and oxygen atoms in total. The molecule has 1 atom stereocenters. The number of nitrogens with one attached hydrogen (secondary N) is 1. The maximum Gasteiger partial charge on any atom is 0.271 e. The Bertz CT molecular complexity index is 2210. The van der Waals surface area contributed by atoms with E-state index in [0.717, 1.165) is 20.1 Å². The molecule has 0 fully saturated rings. The van der Waals surface area contributed by atoms with E-state index >= 15 is 0 Å². The predicted octanol–water partition coefficient (Wildman–Crippen LogP) is 6.24. The number of furan rings is 1. The molecule has 0 bridgehead atoms. The molecule has 1 aliphatic heterocycles. The minimum Gasteiger partial charge on any atom is -0.497 e. The Balaban J connectivity index is 1.27. The van der Waals surface area contributed by atoms with Gasteiger partial charge in [0.05, 0.1) is 39.2 Å². The van der Waals surface area contributed by atoms with Gasteiger partial charge in [0.2, 0.25) is 0 Å². The van der Waals surface area contributed by atoms with Crippen molar-refractivity contribution in [3.05, 3.63) is 133 Å². The van der Waals surface area contributed by atoms with Gasteiger partial charge in [-0.3, -0.25) is 14.2 Å². The fraction of sp³-hybridized carbons (Fsp3) is 0.0909. The molecule has 1 amide bonds. The number of fused-ring (bicyclic) bond motifs is 2. The van der Waals surface area contributed by atoms with Gasteiger partial charge in [-0.25, -0.2) is 9.98 Å². The van der Waals surface area contributed by atoms with Crippen LogP contribution in [-0.4, -0.2) is 22.6 Å². The van der Waals surface area contributed by atoms with Crippen LogP contribution in [0.15, 0.2) is 126 Å². The van der Waals surface area contributed by atoms with Crippen LogP contribution in [0.25, 0.3) is 16.3 Å². The summed E-state index contributed by atoms with van der Waals surface area (Å²) in [5.74, 6) is 0.826. The normalized spacial score (nSPS) is 14.9. The summed E-state index contributed by atoms with van der Waals surface area (Å²) in [7, 11) is 1.58. The minimum atomic E-state index is -0.714. The monoisotopic (exact) mass is 636 g/mol. The first-order valence-corrected chi connectivity index (χ1v) is 16.1. The number of hydrogen-bond donors (Lipinski definition) is 1. The van der Waals surface area contributed by atoms with E-state index in [9.17, 15) is 9.59 Å². The molecule has 218 valence electrons. The number of hydrogen-bond acceptors (Lipinski definition) is 9. The largest absolute Gasteiger partial charge is 0.497 e. The van der Waals surface area contributed by atoms with Crippen molar-refractivity contribution in [3.63, 3.8) is 0 Å². The molecular formula is C33H24N4O4S3. The number of methoxy groups -OCH3 is 1. The van der Waals surface area contributed by atoms with Crippen LogP contribution in [0.2, 0.25) is 0 Å². The number of para-hydroxylation sites is 2. The van der Waals surface area contributed by atoms with E-state index in [1.807, 2.05) is 91.0 Å². The first-order chi connectivity index (χ1) is 21.5. The summed E-state index contributed by atoms with van der Waals surface area (Å²) in [6.07, 6.45) is 1.72. The van der Waals surface area contributed by atoms with Crippen molar-refractivity contribution in [2.45, 2.75) is 22.4 Å². The van der Waals surface area contributed by atoms with Crippen LogP contribution in [0.4, 0.5) is 5.69 Å². The molecule has 4 heterocycles. The van der Waals surface area contributed by atoms with E-state index in [-0.39, 0.29) is 11.5 Å². The Kier molecular flexibility index (Phi) is 7.51. The van der Waals surface area contributed by atoms with Crippen LogP contribution < -0.4 is 24.9 Å². The lowest BCUT2D eigenvalue weighted by atomic mass is 9.95. The van der Waals surface area contributed by atoms with Gasteiger partial charge >= 0.3 is 0 Å². The molecule has 1 aliphatic rings. The Hall–Kier alpha value is -4.71. The molecule has 0 spiro atoms. The summed E-state index contributed by atoms with van der Waals surface area (Å²) in [6.45, 7) is 1.79. The van der Waals surface area contributed by atoms with Crippen molar-refractivity contribution >= 4 is 62.3 Å². The highest BCUT2D eigenvalue weighted by atomic mass is 32.2. The van der Waals surface area contributed by atoms with Crippen molar-refractivity contribution in [1.29, 1.82) is 0 Å². The predicted molar refractivity (Wildman–Crippen MR) is 174 cm³/mol. The number of rotatable bonds is 7. The van der Waals surface area contributed by atoms with E-state index in [1.165, 1.54) is 23.1 Å². The summed E-state index contributed by atoms with van der Waals surface area (Å²) < 4.78 is 15.6. The molecule has 3 aromatic carbocycles. The highest BCUT2D eigenvalue weighted by Gasteiger charge is 2.32. The number of nitrogens with zero attached hydrogens (tertiary/aromatic N) is 3. The molecule has 0 radical (unpaired) electrons. The van der Waals surface area contributed by atoms with Gasteiger partial charge in [0.15, 0.2) is 14.2 Å². The van der Waals surface area contributed by atoms with E-state index in [4.69, 9.17) is 14.1 Å². The molecule has 11 heteroatoms. The quantitative estimate of drug-likeness (QED) is 0.223. The lowest BCUT2D eigenvalue weighted by Gasteiger charge is -2.25. The maximum atomic E-state index is 14.0. The number of amides is 1. The zero-order chi connectivity index (χ0) is 30.2. The van der Waals surface area contributed by atoms with Crippen LogP contribution in [0.1, 0.15) is 24.3 Å². The Morgan fingerprint density at radius 3 is 2.66 bits per heavy atom. The third-order valence-electron chi connectivity index (χ3n) is 7.05. The van der Waals surface area contributed by atoms with Crippen molar-refractivity contribution in [2.75, 3.05) is 12.4 Å². The summed E-state index contributed by atoms with van der Waals surface area (Å²) in [4.78, 5) is 37.7. The van der Waals surface area contributed by atoms with Crippen LogP contribution in [0.5, 0.6) is 5.75 Å². The molecular weight excluding hydrogens is 613 g/mol. The zero-order valence-corrected chi connectivity index (χ0v) is 26.0. The lowest BCUT2D eigenvalue weighted by molar-refractivity contribution is -0.113. The first-order valence-electron chi connectivity index (χ1n) is 13.6. The van der Waals surface area contributed by atoms with Gasteiger partial charge in [0.25, 0.3) is 11.5 Å². The summed E-state index contributed by atoms with van der Waals surface area (Å²) in [5.41, 5.74) is 2.98. The van der Waals surface area contributed by atoms with Crippen LogP contribution in [0, 0.1) is 0 Å². The standard InChI is InChI=1S/C33H24N4O4S3/c1-19-28(30(38)35-21-10-4-3-5-11-21)29(20-9-8-12-22(17-20)40-2)37-31(39)26(42-32(37)34-19)18-23-15-16-27(41-23)44-33-36-24-13-6-7-14-25(24)43-33/h3-18,29H,1-2H3,(H,35,38)/b26-18+/t29-/m1/s1. The molecule has 0 saturated heterocycles. The second kappa shape index (κ2) is 11.8. The van der Waals surface area contributed by atoms with Gasteiger partial charge < -0.3 is 14.5 Å². The second-order valence-electron chi connectivity index (χ2n) is 9.88. The van der Waals surface area contributed by atoms with Crippen molar-refractivity contribution < 1.29 is 13.9 Å². The third kappa shape index (κ3) is 5.41. The van der Waals surface area contributed by atoms with Gasteiger partial charge in [-0.2, -0.15) is 0 Å². The lowest BCUT2D eigenvalue weighted by Crippen LogP contribution is -2.40. The minimum absolute atomic E-state index is 0.268. The summed E-state index contributed by atoms with van der Waals surface area (Å²) in [5, 5.41) is 3.64. The van der Waals surface area contributed by atoms with Crippen LogP contribution in [0.3, 0.4) is 0 Å². The number of ether oxygens (including phenoxy) is 1. The summed E-state index contributed by atoms with van der Waals surface area (Å²) >= 11 is 4.30. The van der Waals surface area contributed by atoms with E-state index < -0.39 is 6.04 Å². The number of aromatic nitrogens is 2. The van der Waals surface area contributed by atoms with Gasteiger partial charge in [0, 0.05) is 11.8 Å². The van der Waals surface area contributed by atoms with Crippen molar-refractivity contribution in [2.24, 2.45) is 4.99 Å². The highest BCUT2D eigenvalue weighted by Crippen LogP contribution is 2.35. The van der Waals surface area contributed by atoms with E-state index in [1.54, 1.807) is 36.0 Å². The number of thiazole rings is 2. The molecule has 0 aliphatic carbocycles. The molecule has 7 rings (SSSR count). The van der Waals surface area contributed by atoms with Crippen LogP contribution >= 0.6 is 34.4 Å². The van der Waals surface area contributed by atoms with Gasteiger partial charge in [-0.1, -0.05) is 53.8 Å². The van der Waals surface area contributed by atoms with Crippen molar-refractivity contribution in [1.82, 2.24) is 9.55 Å². The van der Waals surface area contributed by atoms with E-state index in [2.05, 4.69) is 10.3 Å². The Morgan fingerprint density at radius 1 is 1.02 bits per heavy atom. The van der Waals surface area contributed by atoms with Gasteiger partial charge in [-0.15, -0.1) is 11.3 Å². The van der Waals surface area contributed by atoms with E-state index in [0.29, 0.717) is 42.9 Å². The average Bonchev–Trinajstić information content (AvgIpc) is 3.74. The number of carbonyl (C=O) groups is 1. The van der Waals surface area contributed by atoms with Crippen molar-refractivity contribution in [3.8, 4) is 5.75 Å². The SMILES string of the molecule is COc1cccc([C@@H]2C(C(=O)Nc3ccccc3)=C(C)N=c3s/c(=C/c4ccc(Sc5nc6ccccc6s5)o4)c(=O)n32)c1. The number of allylic oxidation sites excluding steroid dienone is 1.